The first-order chi connectivity index (χ1) is 15.1. The zero-order valence-electron chi connectivity index (χ0n) is 18.2. The summed E-state index contributed by atoms with van der Waals surface area (Å²) in [5.41, 5.74) is 1.27. The van der Waals surface area contributed by atoms with Crippen molar-refractivity contribution in [1.82, 2.24) is 20.5 Å². The molecular weight excluding hydrogens is 412 g/mol. The van der Waals surface area contributed by atoms with Crippen molar-refractivity contribution >= 4 is 34.1 Å². The summed E-state index contributed by atoms with van der Waals surface area (Å²) in [5, 5.41) is 20.8. The molecule has 9 heteroatoms. The van der Waals surface area contributed by atoms with E-state index in [1.54, 1.807) is 0 Å². The molecule has 8 nitrogen and oxygen atoms in total. The summed E-state index contributed by atoms with van der Waals surface area (Å²) in [6.07, 6.45) is 1.91. The van der Waals surface area contributed by atoms with Gasteiger partial charge < -0.3 is 30.3 Å². The Morgan fingerprint density at radius 1 is 1.10 bits per heavy atom. The fraction of sp³-hybridized carbons (Fsp3) is 0.500. The van der Waals surface area contributed by atoms with Crippen LogP contribution >= 0.6 is 12.2 Å². The average Bonchev–Trinajstić information content (AvgIpc) is 3.24. The summed E-state index contributed by atoms with van der Waals surface area (Å²) in [4.78, 5) is 7.00. The van der Waals surface area contributed by atoms with Gasteiger partial charge in [0.1, 0.15) is 11.9 Å². The molecular formula is C22H30N6O2S. The van der Waals surface area contributed by atoms with Crippen LogP contribution in [0.15, 0.2) is 18.2 Å². The molecule has 0 radical (unpaired) electrons. The van der Waals surface area contributed by atoms with Gasteiger partial charge in [0.15, 0.2) is 16.6 Å². The molecule has 3 N–H and O–H groups in total. The Kier molecular flexibility index (Phi) is 8.50. The molecule has 0 saturated carbocycles. The van der Waals surface area contributed by atoms with Crippen LogP contribution in [-0.2, 0) is 0 Å². The normalized spacial score (nSPS) is 12.1. The highest BCUT2D eigenvalue weighted by Crippen LogP contribution is 2.36. The molecule has 31 heavy (non-hydrogen) atoms. The van der Waals surface area contributed by atoms with Crippen molar-refractivity contribution in [3.05, 3.63) is 23.8 Å². The molecule has 0 unspecified atom stereocenters. The number of nitrogens with one attached hydrogen (secondary N) is 3. The van der Waals surface area contributed by atoms with Gasteiger partial charge in [0.05, 0.1) is 11.1 Å². The fourth-order valence-corrected chi connectivity index (χ4v) is 3.59. The van der Waals surface area contributed by atoms with Crippen LogP contribution in [0, 0.1) is 11.3 Å². The number of ether oxygens (including phenoxy) is 2. The molecule has 2 aromatic rings. The zero-order valence-corrected chi connectivity index (χ0v) is 19.0. The van der Waals surface area contributed by atoms with Crippen LogP contribution in [0.25, 0.3) is 10.9 Å². The van der Waals surface area contributed by atoms with Crippen LogP contribution in [0.5, 0.6) is 11.5 Å². The first-order valence-corrected chi connectivity index (χ1v) is 11.2. The van der Waals surface area contributed by atoms with Crippen molar-refractivity contribution in [1.29, 1.82) is 5.26 Å². The van der Waals surface area contributed by atoms with Gasteiger partial charge >= 0.3 is 0 Å². The zero-order chi connectivity index (χ0) is 22.1. The Bertz CT molecular complexity index is 942. The average molecular weight is 443 g/mol. The number of aromatic nitrogens is 1. The molecule has 1 aromatic heterocycles. The van der Waals surface area contributed by atoms with E-state index in [0.29, 0.717) is 34.5 Å². The minimum Gasteiger partial charge on any atom is -0.454 e. The first kappa shape index (κ1) is 22.8. The van der Waals surface area contributed by atoms with Gasteiger partial charge in [0, 0.05) is 31.1 Å². The number of nitrogens with zero attached hydrogens (tertiary/aromatic N) is 3. The summed E-state index contributed by atoms with van der Waals surface area (Å²) in [6.45, 7) is 10.1. The van der Waals surface area contributed by atoms with E-state index in [2.05, 4.69) is 45.8 Å². The molecule has 1 aliphatic heterocycles. The molecule has 0 bridgehead atoms. The number of nitriles is 1. The fourth-order valence-electron chi connectivity index (χ4n) is 3.39. The predicted molar refractivity (Wildman–Crippen MR) is 127 cm³/mol. The van der Waals surface area contributed by atoms with Gasteiger partial charge in [-0.2, -0.15) is 5.26 Å². The maximum absolute atomic E-state index is 9.49. The van der Waals surface area contributed by atoms with Gasteiger partial charge in [-0.25, -0.2) is 4.98 Å². The van der Waals surface area contributed by atoms with Crippen molar-refractivity contribution in [2.24, 2.45) is 0 Å². The Hall–Kier alpha value is -2.83. The van der Waals surface area contributed by atoms with Gasteiger partial charge in [-0.15, -0.1) is 0 Å². The molecule has 166 valence electrons. The van der Waals surface area contributed by atoms with E-state index in [-0.39, 0.29) is 6.79 Å². The monoisotopic (exact) mass is 442 g/mol. The summed E-state index contributed by atoms with van der Waals surface area (Å²) < 4.78 is 10.8. The lowest BCUT2D eigenvalue weighted by Gasteiger charge is -2.18. The van der Waals surface area contributed by atoms with Crippen LogP contribution in [0.3, 0.4) is 0 Å². The molecule has 0 fully saturated rings. The second kappa shape index (κ2) is 11.5. The van der Waals surface area contributed by atoms with Crippen LogP contribution in [0.4, 0.5) is 5.82 Å². The van der Waals surface area contributed by atoms with Gasteiger partial charge in [-0.05, 0) is 56.8 Å². The van der Waals surface area contributed by atoms with E-state index >= 15 is 0 Å². The summed E-state index contributed by atoms with van der Waals surface area (Å²) in [5.74, 6) is 1.94. The second-order valence-corrected chi connectivity index (χ2v) is 7.65. The number of hydrogen-bond donors (Lipinski definition) is 3. The Balaban J connectivity index is 1.41. The molecule has 2 heterocycles. The highest BCUT2D eigenvalue weighted by molar-refractivity contribution is 7.80. The van der Waals surface area contributed by atoms with Crippen LogP contribution in [-0.4, -0.2) is 61.1 Å². The first-order valence-electron chi connectivity index (χ1n) is 10.8. The lowest BCUT2D eigenvalue weighted by molar-refractivity contribution is 0.174. The summed E-state index contributed by atoms with van der Waals surface area (Å²) in [6, 6.07) is 7.73. The lowest BCUT2D eigenvalue weighted by Crippen LogP contribution is -2.37. The van der Waals surface area contributed by atoms with Gasteiger partial charge in [0.2, 0.25) is 6.79 Å². The molecule has 1 aromatic carbocycles. The number of benzene rings is 1. The van der Waals surface area contributed by atoms with E-state index in [9.17, 15) is 5.26 Å². The lowest BCUT2D eigenvalue weighted by atomic mass is 10.1. The summed E-state index contributed by atoms with van der Waals surface area (Å²) in [7, 11) is 0. The quantitative estimate of drug-likeness (QED) is 0.359. The predicted octanol–water partition coefficient (Wildman–Crippen LogP) is 2.83. The van der Waals surface area contributed by atoms with Crippen LogP contribution < -0.4 is 25.4 Å². The highest BCUT2D eigenvalue weighted by atomic mass is 32.1. The SMILES string of the molecule is CCN(CC)CCCNC(=S)NCCCNc1nc2cc3c(cc2cc1C#N)OCO3. The molecule has 0 aliphatic carbocycles. The number of fused-ring (bicyclic) bond motifs is 2. The highest BCUT2D eigenvalue weighted by Gasteiger charge is 2.16. The van der Waals surface area contributed by atoms with Crippen molar-refractivity contribution < 1.29 is 9.47 Å². The smallest absolute Gasteiger partial charge is 0.231 e. The number of rotatable bonds is 11. The van der Waals surface area contributed by atoms with Crippen molar-refractivity contribution in [3.8, 4) is 17.6 Å². The van der Waals surface area contributed by atoms with E-state index in [0.717, 1.165) is 56.5 Å². The minimum atomic E-state index is 0.210. The molecule has 0 atom stereocenters. The third-order valence-corrected chi connectivity index (χ3v) is 5.48. The minimum absolute atomic E-state index is 0.210. The molecule has 1 aliphatic rings. The van der Waals surface area contributed by atoms with Gasteiger partial charge in [0.25, 0.3) is 0 Å². The maximum Gasteiger partial charge on any atom is 0.231 e. The van der Waals surface area contributed by atoms with Crippen molar-refractivity contribution in [3.63, 3.8) is 0 Å². The largest absolute Gasteiger partial charge is 0.454 e. The van der Waals surface area contributed by atoms with E-state index in [4.69, 9.17) is 21.7 Å². The van der Waals surface area contributed by atoms with E-state index in [1.165, 1.54) is 0 Å². The van der Waals surface area contributed by atoms with Gasteiger partial charge in [-0.1, -0.05) is 13.8 Å². The van der Waals surface area contributed by atoms with Crippen molar-refractivity contribution in [2.75, 3.05) is 51.4 Å². The second-order valence-electron chi connectivity index (χ2n) is 7.24. The number of anilines is 1. The van der Waals surface area contributed by atoms with Crippen LogP contribution in [0.2, 0.25) is 0 Å². The topological polar surface area (TPSA) is 94.5 Å². The maximum atomic E-state index is 9.49. The molecule has 0 spiro atoms. The Labute approximate surface area is 188 Å². The van der Waals surface area contributed by atoms with Crippen LogP contribution in [0.1, 0.15) is 32.3 Å². The van der Waals surface area contributed by atoms with E-state index in [1.807, 2.05) is 18.2 Å². The van der Waals surface area contributed by atoms with Gasteiger partial charge in [-0.3, -0.25) is 0 Å². The molecule has 0 saturated heterocycles. The molecule has 3 rings (SSSR count). The Morgan fingerprint density at radius 2 is 1.81 bits per heavy atom. The standard InChI is InChI=1S/C22H30N6O2S/c1-3-28(4-2)10-6-9-26-22(31)25-8-5-7-24-21-17(14-23)11-16-12-19-20(30-15-29-19)13-18(16)27-21/h11-13H,3-10,15H2,1-2H3,(H,24,27)(H2,25,26,31). The summed E-state index contributed by atoms with van der Waals surface area (Å²) >= 11 is 5.33. The third kappa shape index (κ3) is 6.32. The number of pyridine rings is 1. The Morgan fingerprint density at radius 3 is 2.52 bits per heavy atom. The molecule has 0 amide bonds. The van der Waals surface area contributed by atoms with E-state index < -0.39 is 0 Å². The number of thiocarbonyl (C=S) groups is 1. The number of hydrogen-bond acceptors (Lipinski definition) is 7. The van der Waals surface area contributed by atoms with Crippen molar-refractivity contribution in [2.45, 2.75) is 26.7 Å². The third-order valence-electron chi connectivity index (χ3n) is 5.19.